The summed E-state index contributed by atoms with van der Waals surface area (Å²) < 4.78 is 14.5. The van der Waals surface area contributed by atoms with Crippen LogP contribution in [0.25, 0.3) is 0 Å². The van der Waals surface area contributed by atoms with Crippen molar-refractivity contribution in [2.24, 2.45) is 11.7 Å². The zero-order valence-corrected chi connectivity index (χ0v) is 15.0. The summed E-state index contributed by atoms with van der Waals surface area (Å²) in [5, 5.41) is 0. The maximum atomic E-state index is 13.8. The first-order valence-corrected chi connectivity index (χ1v) is 7.62. The molecular formula is C15H23BrClFN2O. The van der Waals surface area contributed by atoms with Gasteiger partial charge in [-0.2, -0.15) is 0 Å². The monoisotopic (exact) mass is 380 g/mol. The summed E-state index contributed by atoms with van der Waals surface area (Å²) in [6.45, 7) is 6.67. The molecule has 0 saturated carbocycles. The molecular weight excluding hydrogens is 359 g/mol. The molecule has 0 heterocycles. The van der Waals surface area contributed by atoms with E-state index in [1.165, 1.54) is 6.07 Å². The normalized spacial score (nSPS) is 12.0. The number of benzene rings is 1. The molecule has 6 heteroatoms. The van der Waals surface area contributed by atoms with Gasteiger partial charge < -0.3 is 10.6 Å². The molecule has 0 aliphatic rings. The molecule has 120 valence electrons. The second-order valence-electron chi connectivity index (χ2n) is 5.32. The van der Waals surface area contributed by atoms with Crippen molar-refractivity contribution < 1.29 is 9.18 Å². The maximum Gasteiger partial charge on any atom is 0.239 e. The van der Waals surface area contributed by atoms with Crippen molar-refractivity contribution in [2.75, 3.05) is 6.54 Å². The van der Waals surface area contributed by atoms with Gasteiger partial charge in [-0.1, -0.05) is 29.8 Å². The van der Waals surface area contributed by atoms with Crippen molar-refractivity contribution in [1.82, 2.24) is 4.90 Å². The Balaban J connectivity index is 0.00000400. The molecule has 1 aromatic rings. The summed E-state index contributed by atoms with van der Waals surface area (Å²) in [6.07, 6.45) is 0.635. The maximum absolute atomic E-state index is 13.8. The summed E-state index contributed by atoms with van der Waals surface area (Å²) in [4.78, 5) is 13.9. The highest BCUT2D eigenvalue weighted by Gasteiger charge is 2.21. The lowest BCUT2D eigenvalue weighted by molar-refractivity contribution is -0.133. The molecule has 1 rings (SSSR count). The van der Waals surface area contributed by atoms with E-state index >= 15 is 0 Å². The van der Waals surface area contributed by atoms with E-state index in [2.05, 4.69) is 15.9 Å². The number of hydrogen-bond donors (Lipinski definition) is 1. The van der Waals surface area contributed by atoms with Gasteiger partial charge in [0.05, 0.1) is 6.04 Å². The fourth-order valence-electron chi connectivity index (χ4n) is 2.06. The number of hydrogen-bond acceptors (Lipinski definition) is 2. The van der Waals surface area contributed by atoms with Crippen molar-refractivity contribution in [1.29, 1.82) is 0 Å². The Labute approximate surface area is 140 Å². The predicted molar refractivity (Wildman–Crippen MR) is 89.9 cm³/mol. The second-order valence-corrected chi connectivity index (χ2v) is 6.24. The molecule has 0 aromatic heterocycles. The Morgan fingerprint density at radius 1 is 1.43 bits per heavy atom. The molecule has 1 atom stereocenters. The fraction of sp³-hybridized carbons (Fsp3) is 0.533. The third kappa shape index (κ3) is 6.32. The van der Waals surface area contributed by atoms with Gasteiger partial charge in [-0.05, 0) is 37.5 Å². The first kappa shape index (κ1) is 20.3. The van der Waals surface area contributed by atoms with Crippen molar-refractivity contribution in [2.45, 2.75) is 39.8 Å². The molecule has 0 fully saturated rings. The number of halogens is 3. The molecule has 2 N–H and O–H groups in total. The van der Waals surface area contributed by atoms with Gasteiger partial charge in [-0.25, -0.2) is 4.39 Å². The van der Waals surface area contributed by atoms with E-state index in [1.807, 2.05) is 20.8 Å². The Morgan fingerprint density at radius 2 is 2.05 bits per heavy atom. The van der Waals surface area contributed by atoms with E-state index < -0.39 is 6.04 Å². The minimum absolute atomic E-state index is 0. The van der Waals surface area contributed by atoms with Crippen LogP contribution in [0.2, 0.25) is 0 Å². The van der Waals surface area contributed by atoms with Crippen LogP contribution in [0, 0.1) is 11.7 Å². The Morgan fingerprint density at radius 3 is 2.57 bits per heavy atom. The van der Waals surface area contributed by atoms with Gasteiger partial charge in [0, 0.05) is 23.1 Å². The van der Waals surface area contributed by atoms with Gasteiger partial charge >= 0.3 is 0 Å². The lowest BCUT2D eigenvalue weighted by Gasteiger charge is -2.25. The molecule has 1 aromatic carbocycles. The van der Waals surface area contributed by atoms with Crippen molar-refractivity contribution in [3.63, 3.8) is 0 Å². The smallest absolute Gasteiger partial charge is 0.239 e. The number of amides is 1. The highest BCUT2D eigenvalue weighted by molar-refractivity contribution is 9.10. The van der Waals surface area contributed by atoms with Crippen LogP contribution >= 0.6 is 28.3 Å². The highest BCUT2D eigenvalue weighted by atomic mass is 79.9. The van der Waals surface area contributed by atoms with E-state index in [0.717, 1.165) is 4.47 Å². The molecule has 0 radical (unpaired) electrons. The third-order valence-electron chi connectivity index (χ3n) is 3.10. The molecule has 0 aliphatic carbocycles. The van der Waals surface area contributed by atoms with Gasteiger partial charge in [-0.15, -0.1) is 12.4 Å². The average molecular weight is 382 g/mol. The Kier molecular flexibility index (Phi) is 9.09. The van der Waals surface area contributed by atoms with E-state index in [4.69, 9.17) is 5.73 Å². The number of nitrogens with two attached hydrogens (primary N) is 1. The van der Waals surface area contributed by atoms with E-state index in [-0.39, 0.29) is 30.7 Å². The lowest BCUT2D eigenvalue weighted by atomic mass is 10.0. The Hall–Kier alpha value is -0.650. The molecule has 0 unspecified atom stereocenters. The van der Waals surface area contributed by atoms with Crippen LogP contribution < -0.4 is 5.73 Å². The van der Waals surface area contributed by atoms with Crippen molar-refractivity contribution in [3.8, 4) is 0 Å². The number of carbonyl (C=O) groups excluding carboxylic acids is 1. The standard InChI is InChI=1S/C15H22BrFN2O.ClH/c1-4-19(15(20)14(18)7-10(2)3)9-11-8-12(16)5-6-13(11)17;/h5-6,8,10,14H,4,7,9,18H2,1-3H3;1H/t14-;/m0./s1. The minimum Gasteiger partial charge on any atom is -0.337 e. The summed E-state index contributed by atoms with van der Waals surface area (Å²) in [7, 11) is 0. The molecule has 1 amide bonds. The quantitative estimate of drug-likeness (QED) is 0.816. The first-order valence-electron chi connectivity index (χ1n) is 6.83. The molecule has 0 saturated heterocycles. The predicted octanol–water partition coefficient (Wildman–Crippen LogP) is 3.73. The van der Waals surface area contributed by atoms with Crippen LogP contribution in [0.5, 0.6) is 0 Å². The summed E-state index contributed by atoms with van der Waals surface area (Å²) in [6, 6.07) is 4.21. The minimum atomic E-state index is -0.523. The largest absolute Gasteiger partial charge is 0.337 e. The average Bonchev–Trinajstić information content (AvgIpc) is 2.38. The van der Waals surface area contributed by atoms with Gasteiger partial charge in [0.1, 0.15) is 5.82 Å². The first-order chi connectivity index (χ1) is 9.35. The SMILES string of the molecule is CCN(Cc1cc(Br)ccc1F)C(=O)[C@@H](N)CC(C)C.Cl. The van der Waals surface area contributed by atoms with E-state index in [0.29, 0.717) is 24.4 Å². The van der Waals surface area contributed by atoms with Crippen molar-refractivity contribution in [3.05, 3.63) is 34.1 Å². The van der Waals surface area contributed by atoms with Crippen LogP contribution in [0.1, 0.15) is 32.8 Å². The fourth-order valence-corrected chi connectivity index (χ4v) is 2.47. The van der Waals surface area contributed by atoms with Crippen LogP contribution in [-0.2, 0) is 11.3 Å². The topological polar surface area (TPSA) is 46.3 Å². The summed E-state index contributed by atoms with van der Waals surface area (Å²) >= 11 is 3.31. The molecule has 0 spiro atoms. The zero-order valence-electron chi connectivity index (χ0n) is 12.6. The van der Waals surface area contributed by atoms with E-state index in [9.17, 15) is 9.18 Å². The van der Waals surface area contributed by atoms with Crippen LogP contribution in [0.4, 0.5) is 4.39 Å². The number of rotatable bonds is 6. The van der Waals surface area contributed by atoms with E-state index in [1.54, 1.807) is 17.0 Å². The lowest BCUT2D eigenvalue weighted by Crippen LogP contribution is -2.44. The Bertz CT molecular complexity index is 471. The second kappa shape index (κ2) is 9.38. The van der Waals surface area contributed by atoms with Crippen molar-refractivity contribution >= 4 is 34.2 Å². The van der Waals surface area contributed by atoms with Gasteiger partial charge in [0.15, 0.2) is 0 Å². The van der Waals surface area contributed by atoms with Gasteiger partial charge in [0.2, 0.25) is 5.91 Å². The molecule has 21 heavy (non-hydrogen) atoms. The number of likely N-dealkylation sites (N-methyl/N-ethyl adjacent to an activating group) is 1. The molecule has 3 nitrogen and oxygen atoms in total. The zero-order chi connectivity index (χ0) is 15.3. The number of nitrogens with zero attached hydrogens (tertiary/aromatic N) is 1. The summed E-state index contributed by atoms with van der Waals surface area (Å²) in [5.74, 6) is -0.0762. The van der Waals surface area contributed by atoms with Crippen LogP contribution in [0.3, 0.4) is 0 Å². The third-order valence-corrected chi connectivity index (χ3v) is 3.60. The van der Waals surface area contributed by atoms with Gasteiger partial charge in [-0.3, -0.25) is 4.79 Å². The van der Waals surface area contributed by atoms with Crippen LogP contribution in [0.15, 0.2) is 22.7 Å². The van der Waals surface area contributed by atoms with Gasteiger partial charge in [0.25, 0.3) is 0 Å². The highest BCUT2D eigenvalue weighted by Crippen LogP contribution is 2.18. The molecule has 0 aliphatic heterocycles. The summed E-state index contributed by atoms with van der Waals surface area (Å²) in [5.41, 5.74) is 6.41. The number of carbonyl (C=O) groups is 1. The van der Waals surface area contributed by atoms with Crippen LogP contribution in [-0.4, -0.2) is 23.4 Å². The molecule has 0 bridgehead atoms.